The summed E-state index contributed by atoms with van der Waals surface area (Å²) in [5.41, 5.74) is -1.48. The van der Waals surface area contributed by atoms with Crippen molar-refractivity contribution in [2.75, 3.05) is 0 Å². The van der Waals surface area contributed by atoms with Gasteiger partial charge < -0.3 is 10.2 Å². The number of carbonyl (C=O) groups is 2. The SMILES string of the molecule is CCCCCCCCCCC(C(=O)O)(C(=O)O)c1ccccc1.[KH]. The normalized spacial score (nSPS) is 10.9. The van der Waals surface area contributed by atoms with Crippen LogP contribution in [0.3, 0.4) is 0 Å². The van der Waals surface area contributed by atoms with Crippen LogP contribution in [0.5, 0.6) is 0 Å². The average Bonchev–Trinajstić information content (AvgIpc) is 2.54. The van der Waals surface area contributed by atoms with Crippen molar-refractivity contribution in [1.29, 1.82) is 0 Å². The second-order valence-electron chi connectivity index (χ2n) is 6.11. The van der Waals surface area contributed by atoms with E-state index in [0.29, 0.717) is 12.0 Å². The maximum absolute atomic E-state index is 11.7. The van der Waals surface area contributed by atoms with Gasteiger partial charge in [0.15, 0.2) is 5.41 Å². The Morgan fingerprint density at radius 1 is 0.833 bits per heavy atom. The van der Waals surface area contributed by atoms with Gasteiger partial charge in [-0.05, 0) is 12.0 Å². The van der Waals surface area contributed by atoms with Crippen LogP contribution in [0.15, 0.2) is 30.3 Å². The zero-order chi connectivity index (χ0) is 17.1. The van der Waals surface area contributed by atoms with E-state index >= 15 is 0 Å². The zero-order valence-corrected chi connectivity index (χ0v) is 14.0. The molecule has 0 heterocycles. The molecule has 1 aromatic rings. The van der Waals surface area contributed by atoms with Gasteiger partial charge in [-0.25, -0.2) is 0 Å². The van der Waals surface area contributed by atoms with Gasteiger partial charge in [-0.2, -0.15) is 0 Å². The molecule has 0 spiro atoms. The van der Waals surface area contributed by atoms with Gasteiger partial charge in [0.1, 0.15) is 0 Å². The molecule has 0 saturated carbocycles. The van der Waals surface area contributed by atoms with Crippen molar-refractivity contribution in [3.05, 3.63) is 35.9 Å². The number of carboxylic acids is 2. The third kappa shape index (κ3) is 6.96. The Kier molecular flexibility index (Phi) is 12.9. The maximum atomic E-state index is 11.7. The van der Waals surface area contributed by atoms with Crippen LogP contribution < -0.4 is 0 Å². The molecule has 0 aliphatic heterocycles. The van der Waals surface area contributed by atoms with Crippen LogP contribution in [0.2, 0.25) is 0 Å². The molecule has 0 radical (unpaired) electrons. The number of aliphatic carboxylic acids is 2. The fraction of sp³-hybridized carbons (Fsp3) is 0.579. The topological polar surface area (TPSA) is 74.6 Å². The third-order valence-corrected chi connectivity index (χ3v) is 4.40. The van der Waals surface area contributed by atoms with Gasteiger partial charge >= 0.3 is 63.3 Å². The van der Waals surface area contributed by atoms with Crippen molar-refractivity contribution in [3.8, 4) is 0 Å². The predicted octanol–water partition coefficient (Wildman–Crippen LogP) is 3.98. The summed E-state index contributed by atoms with van der Waals surface area (Å²) in [6, 6.07) is 8.31. The Labute approximate surface area is 187 Å². The number of hydrogen-bond acceptors (Lipinski definition) is 2. The minimum atomic E-state index is -1.83. The summed E-state index contributed by atoms with van der Waals surface area (Å²) in [5, 5.41) is 19.1. The monoisotopic (exact) mass is 360 g/mol. The van der Waals surface area contributed by atoms with E-state index in [-0.39, 0.29) is 57.8 Å². The van der Waals surface area contributed by atoms with Crippen LogP contribution in [0.4, 0.5) is 0 Å². The van der Waals surface area contributed by atoms with Crippen LogP contribution in [-0.4, -0.2) is 73.5 Å². The Morgan fingerprint density at radius 2 is 1.29 bits per heavy atom. The Balaban J connectivity index is 0.00000529. The molecule has 0 amide bonds. The molecular formula is C19H29KO4. The van der Waals surface area contributed by atoms with Gasteiger partial charge in [0.25, 0.3) is 0 Å². The fourth-order valence-corrected chi connectivity index (χ4v) is 2.94. The molecule has 0 atom stereocenters. The fourth-order valence-electron chi connectivity index (χ4n) is 2.94. The summed E-state index contributed by atoms with van der Waals surface area (Å²) < 4.78 is 0. The quantitative estimate of drug-likeness (QED) is 0.336. The van der Waals surface area contributed by atoms with E-state index in [4.69, 9.17) is 0 Å². The first-order valence-electron chi connectivity index (χ1n) is 8.58. The van der Waals surface area contributed by atoms with Crippen molar-refractivity contribution in [3.63, 3.8) is 0 Å². The van der Waals surface area contributed by atoms with Crippen LogP contribution in [0.25, 0.3) is 0 Å². The van der Waals surface area contributed by atoms with Gasteiger partial charge in [0.05, 0.1) is 0 Å². The second kappa shape index (κ2) is 13.1. The van der Waals surface area contributed by atoms with Crippen LogP contribution in [-0.2, 0) is 15.0 Å². The first kappa shape index (κ1) is 23.8. The minimum absolute atomic E-state index is 0. The summed E-state index contributed by atoms with van der Waals surface area (Å²) in [6.07, 6.45) is 8.72. The molecule has 0 unspecified atom stereocenters. The number of rotatable bonds is 12. The summed E-state index contributed by atoms with van der Waals surface area (Å²) in [5.74, 6) is -2.56. The van der Waals surface area contributed by atoms with Crippen LogP contribution >= 0.6 is 0 Å². The second-order valence-corrected chi connectivity index (χ2v) is 6.11. The van der Waals surface area contributed by atoms with E-state index in [1.54, 1.807) is 30.3 Å². The molecule has 24 heavy (non-hydrogen) atoms. The number of unbranched alkanes of at least 4 members (excludes halogenated alkanes) is 7. The first-order chi connectivity index (χ1) is 11.1. The van der Waals surface area contributed by atoms with E-state index in [0.717, 1.165) is 19.3 Å². The first-order valence-corrected chi connectivity index (χ1v) is 8.58. The van der Waals surface area contributed by atoms with Gasteiger partial charge in [-0.3, -0.25) is 9.59 Å². The molecule has 4 nitrogen and oxygen atoms in total. The van der Waals surface area contributed by atoms with Crippen molar-refractivity contribution >= 4 is 63.3 Å². The van der Waals surface area contributed by atoms with E-state index in [1.807, 2.05) is 0 Å². The van der Waals surface area contributed by atoms with E-state index in [2.05, 4.69) is 6.92 Å². The number of hydrogen-bond donors (Lipinski definition) is 2. The Morgan fingerprint density at radius 3 is 1.75 bits per heavy atom. The van der Waals surface area contributed by atoms with E-state index in [9.17, 15) is 19.8 Å². The molecule has 1 rings (SSSR count). The van der Waals surface area contributed by atoms with Crippen LogP contribution in [0.1, 0.15) is 70.3 Å². The Bertz CT molecular complexity index is 473. The van der Waals surface area contributed by atoms with Gasteiger partial charge in [-0.1, -0.05) is 88.6 Å². The average molecular weight is 361 g/mol. The van der Waals surface area contributed by atoms with Gasteiger partial charge in [0.2, 0.25) is 0 Å². The number of carboxylic acid groups (broad SMARTS) is 2. The molecule has 5 heteroatoms. The summed E-state index contributed by atoms with van der Waals surface area (Å²) in [6.45, 7) is 2.18. The molecule has 0 aromatic heterocycles. The van der Waals surface area contributed by atoms with E-state index < -0.39 is 17.4 Å². The van der Waals surface area contributed by atoms with Gasteiger partial charge in [-0.15, -0.1) is 0 Å². The number of benzene rings is 1. The summed E-state index contributed by atoms with van der Waals surface area (Å²) in [7, 11) is 0. The molecular weight excluding hydrogens is 331 g/mol. The summed E-state index contributed by atoms with van der Waals surface area (Å²) in [4.78, 5) is 23.4. The van der Waals surface area contributed by atoms with Crippen molar-refractivity contribution < 1.29 is 19.8 Å². The third-order valence-electron chi connectivity index (χ3n) is 4.40. The molecule has 0 aliphatic rings. The summed E-state index contributed by atoms with van der Waals surface area (Å²) >= 11 is 0. The van der Waals surface area contributed by atoms with E-state index in [1.165, 1.54) is 25.7 Å². The van der Waals surface area contributed by atoms with Crippen LogP contribution in [0, 0.1) is 0 Å². The molecule has 0 saturated heterocycles. The molecule has 1 aromatic carbocycles. The molecule has 2 N–H and O–H groups in total. The standard InChI is InChI=1S/C19H28O4.K.H/c1-2-3-4-5-6-7-8-12-15-19(17(20)21,18(22)23)16-13-10-9-11-14-16;;/h9-11,13-14H,2-8,12,15H2,1H3,(H,20,21)(H,22,23);;. The molecule has 0 fully saturated rings. The van der Waals surface area contributed by atoms with Crippen molar-refractivity contribution in [2.45, 2.75) is 70.1 Å². The molecule has 0 aliphatic carbocycles. The van der Waals surface area contributed by atoms with Crippen molar-refractivity contribution in [2.24, 2.45) is 0 Å². The molecule has 130 valence electrons. The van der Waals surface area contributed by atoms with Gasteiger partial charge in [0, 0.05) is 0 Å². The molecule has 0 bridgehead atoms. The zero-order valence-electron chi connectivity index (χ0n) is 14.0. The predicted molar refractivity (Wildman–Crippen MR) is 97.8 cm³/mol. The Hall–Kier alpha value is -0.204. The van der Waals surface area contributed by atoms with Crippen molar-refractivity contribution in [1.82, 2.24) is 0 Å².